The van der Waals surface area contributed by atoms with Gasteiger partial charge < -0.3 is 5.32 Å². The van der Waals surface area contributed by atoms with Gasteiger partial charge in [-0.3, -0.25) is 4.99 Å². The van der Waals surface area contributed by atoms with Crippen LogP contribution in [0.4, 0.5) is 0 Å². The summed E-state index contributed by atoms with van der Waals surface area (Å²) in [6.45, 7) is 6.66. The number of aliphatic imine (C=N–C) groups is 1. The summed E-state index contributed by atoms with van der Waals surface area (Å²) >= 11 is 1.90. The lowest BCUT2D eigenvalue weighted by Gasteiger charge is -2.19. The van der Waals surface area contributed by atoms with E-state index >= 15 is 0 Å². The topological polar surface area (TPSA) is 24.4 Å². The molecule has 0 saturated heterocycles. The van der Waals surface area contributed by atoms with Crippen LogP contribution in [-0.4, -0.2) is 27.1 Å². The Morgan fingerprint density at radius 3 is 2.62 bits per heavy atom. The van der Waals surface area contributed by atoms with Crippen molar-refractivity contribution >= 4 is 25.7 Å². The first-order valence-electron chi connectivity index (χ1n) is 5.57. The highest BCUT2D eigenvalue weighted by Gasteiger charge is 2.21. The van der Waals surface area contributed by atoms with Crippen molar-refractivity contribution in [2.24, 2.45) is 4.99 Å². The number of thioether (sulfide) groups is 1. The molecule has 1 aliphatic heterocycles. The second kappa shape index (κ2) is 5.55. The lowest BCUT2D eigenvalue weighted by atomic mass is 10.2. The van der Waals surface area contributed by atoms with Crippen molar-refractivity contribution in [1.82, 2.24) is 5.32 Å². The summed E-state index contributed by atoms with van der Waals surface area (Å²) in [7, 11) is -0.370. The molecule has 2 rings (SSSR count). The number of nitrogens with one attached hydrogen (secondary N) is 1. The Morgan fingerprint density at radius 2 is 2.06 bits per heavy atom. The maximum absolute atomic E-state index is 4.47. The predicted octanol–water partition coefficient (Wildman–Crippen LogP) is 2.71. The normalized spacial score (nSPS) is 17.1. The average molecular weight is 249 g/mol. The smallest absolute Gasteiger partial charge is 0.156 e. The van der Waals surface area contributed by atoms with Gasteiger partial charge in [-0.25, -0.2) is 0 Å². The van der Waals surface area contributed by atoms with E-state index in [2.05, 4.69) is 53.7 Å². The molecule has 1 heterocycles. The van der Waals surface area contributed by atoms with Crippen LogP contribution in [0.25, 0.3) is 0 Å². The molecule has 0 amide bonds. The molecule has 1 N–H and O–H groups in total. The molecule has 0 bridgehead atoms. The van der Waals surface area contributed by atoms with Crippen LogP contribution < -0.4 is 5.32 Å². The van der Waals surface area contributed by atoms with Gasteiger partial charge in [-0.05, 0) is 5.56 Å². The molecule has 0 fully saturated rings. The largest absolute Gasteiger partial charge is 0.363 e. The minimum atomic E-state index is -0.370. The molecule has 1 atom stereocenters. The summed E-state index contributed by atoms with van der Waals surface area (Å²) in [6, 6.07) is 10.8. The van der Waals surface area contributed by atoms with Crippen LogP contribution in [-0.2, 0) is 0 Å². The Kier molecular flexibility index (Phi) is 4.07. The zero-order valence-electron chi connectivity index (χ0n) is 9.73. The van der Waals surface area contributed by atoms with Gasteiger partial charge in [0.25, 0.3) is 0 Å². The Labute approximate surface area is 103 Å². The van der Waals surface area contributed by atoms with Crippen molar-refractivity contribution < 1.29 is 0 Å². The van der Waals surface area contributed by atoms with E-state index in [9.17, 15) is 0 Å². The number of rotatable bonds is 3. The summed E-state index contributed by atoms with van der Waals surface area (Å²) < 4.78 is 0. The monoisotopic (exact) mass is 249 g/mol. The lowest BCUT2D eigenvalue weighted by Crippen LogP contribution is -2.21. The van der Waals surface area contributed by atoms with Gasteiger partial charge in [-0.15, -0.1) is 0 Å². The molecule has 4 heteroatoms. The van der Waals surface area contributed by atoms with Crippen molar-refractivity contribution in [2.75, 3.05) is 13.1 Å². The summed E-state index contributed by atoms with van der Waals surface area (Å²) in [6.07, 6.45) is 0. The lowest BCUT2D eigenvalue weighted by molar-refractivity contribution is 0.963. The van der Waals surface area contributed by atoms with Gasteiger partial charge in [-0.1, -0.05) is 55.2 Å². The standard InChI is InChI=1S/C12H17N2SSi/c1-16(2)11(10-6-4-3-5-7-10)15-12-13-8-9-14-12/h3-7,11H,8-9H2,1-2H3,(H,13,14). The maximum atomic E-state index is 4.47. The highest BCUT2D eigenvalue weighted by atomic mass is 32.2. The zero-order chi connectivity index (χ0) is 11.4. The first-order chi connectivity index (χ1) is 7.77. The second-order valence-corrected chi connectivity index (χ2v) is 8.34. The van der Waals surface area contributed by atoms with Crippen LogP contribution in [0.5, 0.6) is 0 Å². The minimum absolute atomic E-state index is 0.370. The molecule has 1 unspecified atom stereocenters. The van der Waals surface area contributed by atoms with Crippen LogP contribution in [0.3, 0.4) is 0 Å². The van der Waals surface area contributed by atoms with E-state index < -0.39 is 0 Å². The van der Waals surface area contributed by atoms with Crippen molar-refractivity contribution in [3.63, 3.8) is 0 Å². The maximum Gasteiger partial charge on any atom is 0.156 e. The first kappa shape index (κ1) is 11.7. The Balaban J connectivity index is 2.11. The summed E-state index contributed by atoms with van der Waals surface area (Å²) in [5, 5.41) is 4.47. The van der Waals surface area contributed by atoms with Gasteiger partial charge in [0.15, 0.2) is 5.17 Å². The number of hydrogen-bond donors (Lipinski definition) is 1. The highest BCUT2D eigenvalue weighted by Crippen LogP contribution is 2.32. The fraction of sp³-hybridized carbons (Fsp3) is 0.417. The number of benzene rings is 1. The van der Waals surface area contributed by atoms with E-state index in [1.807, 2.05) is 11.8 Å². The van der Waals surface area contributed by atoms with Crippen LogP contribution in [0, 0.1) is 0 Å². The van der Waals surface area contributed by atoms with Crippen molar-refractivity contribution in [3.05, 3.63) is 35.9 Å². The minimum Gasteiger partial charge on any atom is -0.363 e. The van der Waals surface area contributed by atoms with Crippen LogP contribution >= 0.6 is 11.8 Å². The zero-order valence-corrected chi connectivity index (χ0v) is 11.6. The van der Waals surface area contributed by atoms with E-state index in [1.165, 1.54) is 5.56 Å². The highest BCUT2D eigenvalue weighted by molar-refractivity contribution is 8.15. The fourth-order valence-corrected chi connectivity index (χ4v) is 4.72. The van der Waals surface area contributed by atoms with Gasteiger partial charge in [0, 0.05) is 11.4 Å². The van der Waals surface area contributed by atoms with E-state index in [4.69, 9.17) is 0 Å². The Morgan fingerprint density at radius 1 is 1.31 bits per heavy atom. The first-order valence-corrected chi connectivity index (χ1v) is 9.03. The van der Waals surface area contributed by atoms with Crippen molar-refractivity contribution in [1.29, 1.82) is 0 Å². The molecule has 0 aromatic heterocycles. The predicted molar refractivity (Wildman–Crippen MR) is 74.6 cm³/mol. The fourth-order valence-electron chi connectivity index (χ4n) is 1.71. The Bertz CT molecular complexity index is 365. The molecule has 1 radical (unpaired) electrons. The van der Waals surface area contributed by atoms with Gasteiger partial charge >= 0.3 is 0 Å². The molecule has 0 saturated carbocycles. The molecule has 16 heavy (non-hydrogen) atoms. The van der Waals surface area contributed by atoms with Crippen LogP contribution in [0.15, 0.2) is 35.3 Å². The van der Waals surface area contributed by atoms with Gasteiger partial charge in [0.05, 0.1) is 15.3 Å². The van der Waals surface area contributed by atoms with E-state index in [0.29, 0.717) is 4.87 Å². The number of hydrogen-bond acceptors (Lipinski definition) is 3. The third-order valence-corrected chi connectivity index (χ3v) is 6.65. The molecule has 0 aliphatic carbocycles. The SMILES string of the molecule is C[Si](C)C(SC1=NCCN1)c1ccccc1. The van der Waals surface area contributed by atoms with E-state index in [0.717, 1.165) is 18.3 Å². The quantitative estimate of drug-likeness (QED) is 0.833. The molecule has 0 spiro atoms. The third kappa shape index (κ3) is 2.89. The summed E-state index contributed by atoms with van der Waals surface area (Å²) in [4.78, 5) is 5.06. The van der Waals surface area contributed by atoms with E-state index in [1.54, 1.807) is 0 Å². The molecule has 1 aromatic carbocycles. The second-order valence-electron chi connectivity index (χ2n) is 4.10. The van der Waals surface area contributed by atoms with E-state index in [-0.39, 0.29) is 8.80 Å². The third-order valence-electron chi connectivity index (χ3n) is 2.50. The molecular weight excluding hydrogens is 232 g/mol. The van der Waals surface area contributed by atoms with Crippen LogP contribution in [0.1, 0.15) is 10.4 Å². The summed E-state index contributed by atoms with van der Waals surface area (Å²) in [5.74, 6) is 0. The van der Waals surface area contributed by atoms with Gasteiger partial charge in [0.1, 0.15) is 0 Å². The van der Waals surface area contributed by atoms with Crippen molar-refractivity contribution in [3.8, 4) is 0 Å². The molecular formula is C12H17N2SSi. The van der Waals surface area contributed by atoms with Gasteiger partial charge in [-0.2, -0.15) is 0 Å². The van der Waals surface area contributed by atoms with Crippen molar-refractivity contribution in [2.45, 2.75) is 18.0 Å². The number of nitrogens with zero attached hydrogens (tertiary/aromatic N) is 1. The molecule has 1 aromatic rings. The average Bonchev–Trinajstić information content (AvgIpc) is 2.79. The van der Waals surface area contributed by atoms with Gasteiger partial charge in [0.2, 0.25) is 0 Å². The molecule has 1 aliphatic rings. The molecule has 2 nitrogen and oxygen atoms in total. The molecule has 85 valence electrons. The Hall–Kier alpha value is -0.743. The summed E-state index contributed by atoms with van der Waals surface area (Å²) in [5.41, 5.74) is 1.43. The van der Waals surface area contributed by atoms with Crippen LogP contribution in [0.2, 0.25) is 13.1 Å². The number of amidine groups is 1.